The monoisotopic (exact) mass is 266 g/mol. The molecule has 2 aromatic rings. The Hall–Kier alpha value is -1.80. The van der Waals surface area contributed by atoms with Crippen LogP contribution in [0.5, 0.6) is 0 Å². The molecule has 0 aromatic heterocycles. The molecule has 1 N–H and O–H groups in total. The summed E-state index contributed by atoms with van der Waals surface area (Å²) in [6.45, 7) is 6.44. The van der Waals surface area contributed by atoms with Crippen molar-refractivity contribution >= 4 is 5.69 Å². The van der Waals surface area contributed by atoms with Gasteiger partial charge in [-0.1, -0.05) is 49.4 Å². The molecule has 0 unspecified atom stereocenters. The minimum Gasteiger partial charge on any atom is -0.384 e. The fourth-order valence-electron chi connectivity index (χ4n) is 2.84. The van der Waals surface area contributed by atoms with Crippen LogP contribution in [-0.4, -0.2) is 18.0 Å². The number of hydrogen-bond acceptors (Lipinski definition) is 2. The van der Waals surface area contributed by atoms with E-state index in [0.29, 0.717) is 0 Å². The maximum absolute atomic E-state index is 3.42. The van der Waals surface area contributed by atoms with Gasteiger partial charge in [0.15, 0.2) is 0 Å². The molecule has 2 nitrogen and oxygen atoms in total. The summed E-state index contributed by atoms with van der Waals surface area (Å²) in [6.07, 6.45) is 1.16. The van der Waals surface area contributed by atoms with Crippen molar-refractivity contribution < 1.29 is 0 Å². The smallest absolute Gasteiger partial charge is 0.0373 e. The molecular weight excluding hydrogens is 244 g/mol. The predicted molar refractivity (Wildman–Crippen MR) is 84.9 cm³/mol. The molecule has 2 heteroatoms. The molecule has 0 radical (unpaired) electrons. The van der Waals surface area contributed by atoms with Crippen molar-refractivity contribution in [2.24, 2.45) is 0 Å². The number of rotatable bonds is 5. The highest BCUT2D eigenvalue weighted by Gasteiger charge is 2.11. The van der Waals surface area contributed by atoms with E-state index in [-0.39, 0.29) is 0 Å². The van der Waals surface area contributed by atoms with Crippen molar-refractivity contribution in [1.82, 2.24) is 4.90 Å². The summed E-state index contributed by atoms with van der Waals surface area (Å²) >= 11 is 0. The van der Waals surface area contributed by atoms with Crippen LogP contribution >= 0.6 is 0 Å². The largest absolute Gasteiger partial charge is 0.384 e. The Morgan fingerprint density at radius 3 is 2.60 bits per heavy atom. The van der Waals surface area contributed by atoms with Gasteiger partial charge in [-0.15, -0.1) is 0 Å². The number of anilines is 1. The maximum Gasteiger partial charge on any atom is 0.0373 e. The van der Waals surface area contributed by atoms with Crippen LogP contribution in [-0.2, 0) is 19.5 Å². The first kappa shape index (κ1) is 13.2. The SMILES string of the molecule is CCN(Cc1ccccc1)Cc1ccc2c(c1)CCN2. The Kier molecular flexibility index (Phi) is 4.03. The second-order valence-electron chi connectivity index (χ2n) is 5.46. The van der Waals surface area contributed by atoms with E-state index < -0.39 is 0 Å². The summed E-state index contributed by atoms with van der Waals surface area (Å²) in [5.74, 6) is 0. The van der Waals surface area contributed by atoms with Gasteiger partial charge in [0, 0.05) is 25.3 Å². The van der Waals surface area contributed by atoms with Gasteiger partial charge in [-0.3, -0.25) is 4.90 Å². The fraction of sp³-hybridized carbons (Fsp3) is 0.333. The molecule has 0 atom stereocenters. The molecule has 0 fully saturated rings. The molecule has 2 aromatic carbocycles. The van der Waals surface area contributed by atoms with Gasteiger partial charge >= 0.3 is 0 Å². The zero-order valence-corrected chi connectivity index (χ0v) is 12.1. The zero-order valence-electron chi connectivity index (χ0n) is 12.1. The molecule has 0 amide bonds. The summed E-state index contributed by atoms with van der Waals surface area (Å²) in [5.41, 5.74) is 5.60. The maximum atomic E-state index is 3.42. The molecule has 20 heavy (non-hydrogen) atoms. The molecule has 3 rings (SSSR count). The van der Waals surface area contributed by atoms with E-state index in [1.165, 1.54) is 22.4 Å². The number of nitrogens with zero attached hydrogens (tertiary/aromatic N) is 1. The quantitative estimate of drug-likeness (QED) is 0.888. The first-order valence-corrected chi connectivity index (χ1v) is 7.47. The Bertz CT molecular complexity index is 563. The van der Waals surface area contributed by atoms with E-state index in [1.807, 2.05) is 0 Å². The summed E-state index contributed by atoms with van der Waals surface area (Å²) in [5, 5.41) is 3.42. The standard InChI is InChI=1S/C18H22N2/c1-2-20(13-15-6-4-3-5-7-15)14-16-8-9-18-17(12-16)10-11-19-18/h3-9,12,19H,2,10-11,13-14H2,1H3. The van der Waals surface area contributed by atoms with Gasteiger partial charge in [0.2, 0.25) is 0 Å². The Morgan fingerprint density at radius 1 is 1.00 bits per heavy atom. The van der Waals surface area contributed by atoms with Crippen LogP contribution in [0.25, 0.3) is 0 Å². The topological polar surface area (TPSA) is 15.3 Å². The fourth-order valence-corrected chi connectivity index (χ4v) is 2.84. The van der Waals surface area contributed by atoms with Crippen molar-refractivity contribution in [3.05, 3.63) is 65.2 Å². The molecular formula is C18H22N2. The molecule has 0 saturated heterocycles. The Morgan fingerprint density at radius 2 is 1.80 bits per heavy atom. The first-order chi connectivity index (χ1) is 9.85. The minimum absolute atomic E-state index is 1.02. The summed E-state index contributed by atoms with van der Waals surface area (Å²) in [7, 11) is 0. The molecule has 104 valence electrons. The molecule has 0 bridgehead atoms. The molecule has 1 aliphatic rings. The third-order valence-electron chi connectivity index (χ3n) is 3.98. The Balaban J connectivity index is 1.68. The van der Waals surface area contributed by atoms with Crippen LogP contribution in [0.3, 0.4) is 0 Å². The van der Waals surface area contributed by atoms with Crippen LogP contribution in [0.15, 0.2) is 48.5 Å². The minimum atomic E-state index is 1.02. The molecule has 1 heterocycles. The van der Waals surface area contributed by atoms with Crippen LogP contribution in [0, 0.1) is 0 Å². The van der Waals surface area contributed by atoms with Gasteiger partial charge in [-0.25, -0.2) is 0 Å². The third-order valence-corrected chi connectivity index (χ3v) is 3.98. The summed E-state index contributed by atoms with van der Waals surface area (Å²) < 4.78 is 0. The highest BCUT2D eigenvalue weighted by Crippen LogP contribution is 2.23. The van der Waals surface area contributed by atoms with Gasteiger partial charge in [0.1, 0.15) is 0 Å². The Labute approximate surface area is 121 Å². The number of fused-ring (bicyclic) bond motifs is 1. The van der Waals surface area contributed by atoms with Gasteiger partial charge in [-0.2, -0.15) is 0 Å². The highest BCUT2D eigenvalue weighted by molar-refractivity contribution is 5.56. The summed E-state index contributed by atoms with van der Waals surface area (Å²) in [4.78, 5) is 2.49. The third kappa shape index (κ3) is 3.02. The van der Waals surface area contributed by atoms with E-state index in [9.17, 15) is 0 Å². The lowest BCUT2D eigenvalue weighted by Crippen LogP contribution is -2.22. The van der Waals surface area contributed by atoms with Crippen molar-refractivity contribution in [1.29, 1.82) is 0 Å². The van der Waals surface area contributed by atoms with Crippen LogP contribution < -0.4 is 5.32 Å². The average Bonchev–Trinajstić information content (AvgIpc) is 2.95. The van der Waals surface area contributed by atoms with Crippen molar-refractivity contribution in [3.63, 3.8) is 0 Å². The zero-order chi connectivity index (χ0) is 13.8. The summed E-state index contributed by atoms with van der Waals surface area (Å²) in [6, 6.07) is 17.6. The normalized spacial score (nSPS) is 13.3. The average molecular weight is 266 g/mol. The predicted octanol–water partition coefficient (Wildman–Crippen LogP) is 3.68. The van der Waals surface area contributed by atoms with Gasteiger partial charge in [0.25, 0.3) is 0 Å². The van der Waals surface area contributed by atoms with Gasteiger partial charge in [0.05, 0.1) is 0 Å². The second kappa shape index (κ2) is 6.10. The lowest BCUT2D eigenvalue weighted by atomic mass is 10.1. The van der Waals surface area contributed by atoms with E-state index >= 15 is 0 Å². The van der Waals surface area contributed by atoms with Crippen LogP contribution in [0.1, 0.15) is 23.6 Å². The van der Waals surface area contributed by atoms with Crippen LogP contribution in [0.2, 0.25) is 0 Å². The lowest BCUT2D eigenvalue weighted by molar-refractivity contribution is 0.271. The molecule has 0 aliphatic carbocycles. The van der Waals surface area contributed by atoms with Gasteiger partial charge in [-0.05, 0) is 35.7 Å². The second-order valence-corrected chi connectivity index (χ2v) is 5.46. The van der Waals surface area contributed by atoms with E-state index in [1.54, 1.807) is 0 Å². The highest BCUT2D eigenvalue weighted by atomic mass is 15.1. The van der Waals surface area contributed by atoms with E-state index in [2.05, 4.69) is 65.7 Å². The number of hydrogen-bond donors (Lipinski definition) is 1. The van der Waals surface area contributed by atoms with Crippen molar-refractivity contribution in [2.45, 2.75) is 26.4 Å². The van der Waals surface area contributed by atoms with Crippen molar-refractivity contribution in [3.8, 4) is 0 Å². The first-order valence-electron chi connectivity index (χ1n) is 7.47. The van der Waals surface area contributed by atoms with E-state index in [0.717, 1.165) is 32.6 Å². The molecule has 1 aliphatic heterocycles. The van der Waals surface area contributed by atoms with Gasteiger partial charge < -0.3 is 5.32 Å². The number of benzene rings is 2. The molecule has 0 saturated carbocycles. The van der Waals surface area contributed by atoms with Crippen LogP contribution in [0.4, 0.5) is 5.69 Å². The molecule has 0 spiro atoms. The number of nitrogens with one attached hydrogen (secondary N) is 1. The lowest BCUT2D eigenvalue weighted by Gasteiger charge is -2.21. The van der Waals surface area contributed by atoms with Crippen molar-refractivity contribution in [2.75, 3.05) is 18.4 Å². The van der Waals surface area contributed by atoms with E-state index in [4.69, 9.17) is 0 Å².